The Morgan fingerprint density at radius 3 is 2.72 bits per heavy atom. The van der Waals surface area contributed by atoms with Gasteiger partial charge < -0.3 is 19.6 Å². The Labute approximate surface area is 102 Å². The minimum Gasteiger partial charge on any atom is -0.504 e. The van der Waals surface area contributed by atoms with Gasteiger partial charge in [-0.25, -0.2) is 0 Å². The molecule has 0 unspecified atom stereocenters. The molecule has 2 rings (SSSR count). The normalized spacial score (nSPS) is 10.3. The first-order chi connectivity index (χ1) is 8.52. The van der Waals surface area contributed by atoms with E-state index < -0.39 is 17.3 Å². The number of ether oxygens (including phenoxy) is 2. The summed E-state index contributed by atoms with van der Waals surface area (Å²) >= 11 is 0. The van der Waals surface area contributed by atoms with Crippen molar-refractivity contribution >= 4 is 16.9 Å². The van der Waals surface area contributed by atoms with Gasteiger partial charge in [0.25, 0.3) is 5.56 Å². The third-order valence-electron chi connectivity index (χ3n) is 2.40. The summed E-state index contributed by atoms with van der Waals surface area (Å²) in [6, 6.07) is 4.75. The summed E-state index contributed by atoms with van der Waals surface area (Å²) in [6.07, 6.45) is 0. The quantitative estimate of drug-likeness (QED) is 0.780. The van der Waals surface area contributed by atoms with Crippen LogP contribution in [0.15, 0.2) is 23.0 Å². The fourth-order valence-electron chi connectivity index (χ4n) is 1.61. The van der Waals surface area contributed by atoms with Gasteiger partial charge in [-0.2, -0.15) is 0 Å². The largest absolute Gasteiger partial charge is 0.504 e. The number of methoxy groups -OCH3 is 1. The molecular formula is C12H11NO5. The predicted molar refractivity (Wildman–Crippen MR) is 64.1 cm³/mol. The number of esters is 1. The summed E-state index contributed by atoms with van der Waals surface area (Å²) in [5.41, 5.74) is -0.281. The van der Waals surface area contributed by atoms with Crippen LogP contribution >= 0.6 is 0 Å². The minimum absolute atomic E-state index is 0.367. The Morgan fingerprint density at radius 1 is 1.39 bits per heavy atom. The average molecular weight is 249 g/mol. The van der Waals surface area contributed by atoms with E-state index in [4.69, 9.17) is 4.74 Å². The van der Waals surface area contributed by atoms with Crippen molar-refractivity contribution in [1.29, 1.82) is 0 Å². The molecule has 2 aromatic rings. The van der Waals surface area contributed by atoms with Gasteiger partial charge in [0.1, 0.15) is 5.75 Å². The van der Waals surface area contributed by atoms with Crippen LogP contribution in [0, 0.1) is 0 Å². The number of H-pyrrole nitrogens is 1. The second-order valence-corrected chi connectivity index (χ2v) is 3.64. The molecule has 94 valence electrons. The van der Waals surface area contributed by atoms with E-state index in [2.05, 4.69) is 9.72 Å². The second kappa shape index (κ2) is 4.40. The van der Waals surface area contributed by atoms with Crippen LogP contribution in [0.25, 0.3) is 10.9 Å². The molecule has 1 aromatic carbocycles. The van der Waals surface area contributed by atoms with Gasteiger partial charge in [0.2, 0.25) is 5.75 Å². The SMILES string of the molecule is COc1ccc2c(O)c(OC(C)=O)c(=O)[nH]c2c1. The summed E-state index contributed by atoms with van der Waals surface area (Å²) in [7, 11) is 1.49. The van der Waals surface area contributed by atoms with Crippen LogP contribution in [0.4, 0.5) is 0 Å². The lowest BCUT2D eigenvalue weighted by molar-refractivity contribution is -0.132. The lowest BCUT2D eigenvalue weighted by Crippen LogP contribution is -2.14. The zero-order chi connectivity index (χ0) is 13.3. The highest BCUT2D eigenvalue weighted by atomic mass is 16.5. The Morgan fingerprint density at radius 2 is 2.11 bits per heavy atom. The Balaban J connectivity index is 2.71. The zero-order valence-corrected chi connectivity index (χ0v) is 9.81. The number of hydrogen-bond donors (Lipinski definition) is 2. The number of rotatable bonds is 2. The van der Waals surface area contributed by atoms with Crippen LogP contribution < -0.4 is 15.0 Å². The summed E-state index contributed by atoms with van der Waals surface area (Å²) in [5.74, 6) is -0.909. The second-order valence-electron chi connectivity index (χ2n) is 3.64. The summed E-state index contributed by atoms with van der Waals surface area (Å²) in [6.45, 7) is 1.15. The monoisotopic (exact) mass is 249 g/mol. The van der Waals surface area contributed by atoms with Gasteiger partial charge in [-0.15, -0.1) is 0 Å². The molecule has 1 aromatic heterocycles. The Hall–Kier alpha value is -2.50. The topological polar surface area (TPSA) is 88.6 Å². The number of pyridine rings is 1. The van der Waals surface area contributed by atoms with E-state index >= 15 is 0 Å². The molecule has 0 aliphatic carbocycles. The average Bonchev–Trinajstić information content (AvgIpc) is 2.33. The molecular weight excluding hydrogens is 238 g/mol. The number of carbonyl (C=O) groups is 1. The lowest BCUT2D eigenvalue weighted by Gasteiger charge is -2.07. The number of aromatic amines is 1. The summed E-state index contributed by atoms with van der Waals surface area (Å²) < 4.78 is 9.68. The van der Waals surface area contributed by atoms with E-state index in [9.17, 15) is 14.7 Å². The highest BCUT2D eigenvalue weighted by Crippen LogP contribution is 2.31. The van der Waals surface area contributed by atoms with Crippen molar-refractivity contribution in [2.24, 2.45) is 0 Å². The maximum absolute atomic E-state index is 11.7. The molecule has 6 nitrogen and oxygen atoms in total. The molecule has 6 heteroatoms. The van der Waals surface area contributed by atoms with Crippen molar-refractivity contribution in [2.45, 2.75) is 6.92 Å². The van der Waals surface area contributed by atoms with Crippen LogP contribution in [0.3, 0.4) is 0 Å². The molecule has 0 bridgehead atoms. The number of hydrogen-bond acceptors (Lipinski definition) is 5. The first kappa shape index (κ1) is 12.0. The molecule has 0 fully saturated rings. The maximum Gasteiger partial charge on any atom is 0.308 e. The smallest absolute Gasteiger partial charge is 0.308 e. The standard InChI is InChI=1S/C12H11NO5/c1-6(14)18-11-10(15)8-4-3-7(17-2)5-9(8)13-12(11)16/h3-5H,1-2H3,(H2,13,15,16). The molecule has 0 saturated carbocycles. The number of carbonyl (C=O) groups excluding carboxylic acids is 1. The Kier molecular flexibility index (Phi) is 2.93. The fraction of sp³-hybridized carbons (Fsp3) is 0.167. The molecule has 0 atom stereocenters. The minimum atomic E-state index is -0.677. The maximum atomic E-state index is 11.7. The van der Waals surface area contributed by atoms with Crippen LogP contribution in [0.2, 0.25) is 0 Å². The first-order valence-electron chi connectivity index (χ1n) is 5.14. The number of aromatic hydroxyl groups is 1. The molecule has 18 heavy (non-hydrogen) atoms. The summed E-state index contributed by atoms with van der Waals surface area (Å²) in [5, 5.41) is 10.3. The molecule has 0 amide bonds. The van der Waals surface area contributed by atoms with Crippen LogP contribution in [-0.4, -0.2) is 23.2 Å². The summed E-state index contributed by atoms with van der Waals surface area (Å²) in [4.78, 5) is 25.0. The molecule has 0 spiro atoms. The molecule has 0 aliphatic rings. The van der Waals surface area contributed by atoms with Crippen molar-refractivity contribution in [1.82, 2.24) is 4.98 Å². The van der Waals surface area contributed by atoms with Gasteiger partial charge in [0, 0.05) is 18.4 Å². The number of benzene rings is 1. The third kappa shape index (κ3) is 2.00. The van der Waals surface area contributed by atoms with Gasteiger partial charge in [-0.3, -0.25) is 9.59 Å². The first-order valence-corrected chi connectivity index (χ1v) is 5.14. The van der Waals surface area contributed by atoms with Gasteiger partial charge in [-0.05, 0) is 12.1 Å². The fourth-order valence-corrected chi connectivity index (χ4v) is 1.61. The van der Waals surface area contributed by atoms with E-state index in [1.807, 2.05) is 0 Å². The number of nitrogens with one attached hydrogen (secondary N) is 1. The van der Waals surface area contributed by atoms with Gasteiger partial charge in [-0.1, -0.05) is 0 Å². The molecule has 2 N–H and O–H groups in total. The van der Waals surface area contributed by atoms with Crippen LogP contribution in [0.1, 0.15) is 6.92 Å². The van der Waals surface area contributed by atoms with Crippen molar-refractivity contribution in [3.05, 3.63) is 28.6 Å². The Bertz CT molecular complexity index is 674. The van der Waals surface area contributed by atoms with E-state index in [-0.39, 0.29) is 5.75 Å². The number of fused-ring (bicyclic) bond motifs is 1. The lowest BCUT2D eigenvalue weighted by atomic mass is 10.2. The van der Waals surface area contributed by atoms with Gasteiger partial charge in [0.15, 0.2) is 5.75 Å². The van der Waals surface area contributed by atoms with Crippen molar-refractivity contribution < 1.29 is 19.4 Å². The highest BCUT2D eigenvalue weighted by Gasteiger charge is 2.15. The van der Waals surface area contributed by atoms with Gasteiger partial charge in [0.05, 0.1) is 12.6 Å². The predicted octanol–water partition coefficient (Wildman–Crippen LogP) is 1.17. The van der Waals surface area contributed by atoms with Crippen molar-refractivity contribution in [2.75, 3.05) is 7.11 Å². The van der Waals surface area contributed by atoms with E-state index in [0.717, 1.165) is 6.92 Å². The molecule has 0 radical (unpaired) electrons. The highest BCUT2D eigenvalue weighted by molar-refractivity contribution is 5.88. The number of aromatic nitrogens is 1. The van der Waals surface area contributed by atoms with E-state index in [1.54, 1.807) is 18.2 Å². The van der Waals surface area contributed by atoms with Crippen molar-refractivity contribution in [3.8, 4) is 17.2 Å². The molecule has 0 saturated heterocycles. The van der Waals surface area contributed by atoms with Crippen molar-refractivity contribution in [3.63, 3.8) is 0 Å². The van der Waals surface area contributed by atoms with E-state index in [1.165, 1.54) is 7.11 Å². The molecule has 1 heterocycles. The van der Waals surface area contributed by atoms with Crippen LogP contribution in [0.5, 0.6) is 17.2 Å². The van der Waals surface area contributed by atoms with Gasteiger partial charge >= 0.3 is 5.97 Å². The van der Waals surface area contributed by atoms with Crippen LogP contribution in [-0.2, 0) is 4.79 Å². The third-order valence-corrected chi connectivity index (χ3v) is 2.40. The zero-order valence-electron chi connectivity index (χ0n) is 9.81. The molecule has 0 aliphatic heterocycles. The van der Waals surface area contributed by atoms with E-state index in [0.29, 0.717) is 16.7 Å².